The zero-order valence-electron chi connectivity index (χ0n) is 12.1. The van der Waals surface area contributed by atoms with Crippen molar-refractivity contribution >= 4 is 24.0 Å². The fourth-order valence-electron chi connectivity index (χ4n) is 2.20. The second-order valence-corrected chi connectivity index (χ2v) is 7.33. The standard InChI is InChI=1S/C12H17N2O6PS/c1-19-12-4-2-11(3-5-12)13-6-8-14(9-7-13)22(17,18)10-20-21(15)16/h2-5H,6-10H2,1H3/p+1. The van der Waals surface area contributed by atoms with Crippen LogP contribution in [0, 0.1) is 0 Å². The predicted octanol–water partition coefficient (Wildman–Crippen LogP) is 0.771. The van der Waals surface area contributed by atoms with E-state index >= 15 is 0 Å². The number of sulfonamides is 1. The normalized spacial score (nSPS) is 17.4. The molecule has 0 amide bonds. The third-order valence-corrected chi connectivity index (χ3v) is 5.47. The Hall–Kier alpha value is -1.25. The molecule has 0 aromatic heterocycles. The SMILES string of the molecule is COc1ccc(N2CCN(S(=O)(=O)CO[P+](=O)O)CC2)cc1. The molecule has 1 heterocycles. The van der Waals surface area contributed by atoms with Crippen LogP contribution in [-0.2, 0) is 19.1 Å². The summed E-state index contributed by atoms with van der Waals surface area (Å²) in [6.07, 6.45) is 0. The first-order valence-corrected chi connectivity index (χ1v) is 9.32. The molecule has 1 aromatic rings. The zero-order valence-corrected chi connectivity index (χ0v) is 13.8. The molecule has 0 aliphatic carbocycles. The van der Waals surface area contributed by atoms with Gasteiger partial charge in [-0.25, -0.2) is 8.42 Å². The Morgan fingerprint density at radius 3 is 2.27 bits per heavy atom. The Balaban J connectivity index is 1.93. The van der Waals surface area contributed by atoms with Crippen molar-refractivity contribution in [2.75, 3.05) is 44.1 Å². The van der Waals surface area contributed by atoms with Crippen molar-refractivity contribution in [1.82, 2.24) is 4.31 Å². The summed E-state index contributed by atoms with van der Waals surface area (Å²) in [6.45, 7) is 1.69. The van der Waals surface area contributed by atoms with Crippen LogP contribution < -0.4 is 9.64 Å². The Morgan fingerprint density at radius 1 is 1.18 bits per heavy atom. The van der Waals surface area contributed by atoms with Crippen LogP contribution in [0.15, 0.2) is 24.3 Å². The van der Waals surface area contributed by atoms with Crippen LogP contribution in [-0.4, -0.2) is 56.8 Å². The molecular weight excluding hydrogens is 331 g/mol. The van der Waals surface area contributed by atoms with Gasteiger partial charge in [0.2, 0.25) is 16.0 Å². The molecule has 1 N–H and O–H groups in total. The number of hydrogen-bond donors (Lipinski definition) is 1. The first-order valence-electron chi connectivity index (χ1n) is 6.58. The lowest BCUT2D eigenvalue weighted by Crippen LogP contribution is -2.49. The Bertz CT molecular complexity index is 613. The lowest BCUT2D eigenvalue weighted by molar-refractivity contribution is 0.305. The fourth-order valence-corrected chi connectivity index (χ4v) is 3.97. The molecule has 1 aromatic carbocycles. The van der Waals surface area contributed by atoms with Crippen LogP contribution in [0.1, 0.15) is 0 Å². The minimum Gasteiger partial charge on any atom is -0.497 e. The number of ether oxygens (including phenoxy) is 1. The minimum absolute atomic E-state index is 0.305. The van der Waals surface area contributed by atoms with Gasteiger partial charge in [0.05, 0.1) is 7.11 Å². The van der Waals surface area contributed by atoms with E-state index in [1.54, 1.807) is 7.11 Å². The molecule has 1 aliphatic rings. The van der Waals surface area contributed by atoms with Gasteiger partial charge in [-0.2, -0.15) is 4.31 Å². The van der Waals surface area contributed by atoms with Crippen LogP contribution in [0.3, 0.4) is 0 Å². The van der Waals surface area contributed by atoms with Crippen LogP contribution >= 0.6 is 8.25 Å². The molecule has 2 rings (SSSR count). The Morgan fingerprint density at radius 2 is 1.77 bits per heavy atom. The summed E-state index contributed by atoms with van der Waals surface area (Å²) in [4.78, 5) is 10.6. The van der Waals surface area contributed by atoms with Gasteiger partial charge in [-0.05, 0) is 24.3 Å². The van der Waals surface area contributed by atoms with Crippen LogP contribution in [0.5, 0.6) is 5.75 Å². The van der Waals surface area contributed by atoms with E-state index in [1.165, 1.54) is 4.31 Å². The molecule has 0 bridgehead atoms. The molecule has 1 fully saturated rings. The molecule has 1 unspecified atom stereocenters. The lowest BCUT2D eigenvalue weighted by atomic mass is 10.2. The van der Waals surface area contributed by atoms with E-state index in [9.17, 15) is 13.0 Å². The van der Waals surface area contributed by atoms with Crippen molar-refractivity contribution in [3.8, 4) is 5.75 Å². The quantitative estimate of drug-likeness (QED) is 0.758. The van der Waals surface area contributed by atoms with E-state index in [4.69, 9.17) is 9.63 Å². The number of nitrogens with zero attached hydrogens (tertiary/aromatic N) is 2. The summed E-state index contributed by atoms with van der Waals surface area (Å²) in [6, 6.07) is 7.54. The highest BCUT2D eigenvalue weighted by atomic mass is 32.2. The minimum atomic E-state index is -3.67. The van der Waals surface area contributed by atoms with Crippen LogP contribution in [0.2, 0.25) is 0 Å². The van der Waals surface area contributed by atoms with Gasteiger partial charge in [0.25, 0.3) is 0 Å². The lowest BCUT2D eigenvalue weighted by Gasteiger charge is -2.35. The van der Waals surface area contributed by atoms with Crippen molar-refractivity contribution in [3.05, 3.63) is 24.3 Å². The van der Waals surface area contributed by atoms with E-state index in [2.05, 4.69) is 9.42 Å². The summed E-state index contributed by atoms with van der Waals surface area (Å²) in [5.74, 6) is -0.0124. The maximum Gasteiger partial charge on any atom is 0.695 e. The number of benzene rings is 1. The predicted molar refractivity (Wildman–Crippen MR) is 81.5 cm³/mol. The molecular formula is C12H18N2O6PS+. The maximum absolute atomic E-state index is 11.9. The molecule has 1 atom stereocenters. The largest absolute Gasteiger partial charge is 0.695 e. The third kappa shape index (κ3) is 4.37. The van der Waals surface area contributed by atoms with Crippen molar-refractivity contribution in [2.45, 2.75) is 0 Å². The number of piperazine rings is 1. The monoisotopic (exact) mass is 349 g/mol. The highest BCUT2D eigenvalue weighted by molar-refractivity contribution is 7.89. The average molecular weight is 349 g/mol. The van der Waals surface area contributed by atoms with Crippen molar-refractivity contribution in [2.24, 2.45) is 0 Å². The van der Waals surface area contributed by atoms with Crippen LogP contribution in [0.4, 0.5) is 5.69 Å². The van der Waals surface area contributed by atoms with Crippen molar-refractivity contribution in [3.63, 3.8) is 0 Å². The molecule has 22 heavy (non-hydrogen) atoms. The summed E-state index contributed by atoms with van der Waals surface area (Å²) >= 11 is 0. The van der Waals surface area contributed by atoms with E-state index in [-0.39, 0.29) is 0 Å². The summed E-state index contributed by atoms with van der Waals surface area (Å²) < 4.78 is 45.0. The van der Waals surface area contributed by atoms with Gasteiger partial charge in [0, 0.05) is 36.4 Å². The Labute approximate surface area is 130 Å². The van der Waals surface area contributed by atoms with Gasteiger partial charge in [0.15, 0.2) is 0 Å². The molecule has 0 saturated carbocycles. The number of anilines is 1. The first kappa shape index (κ1) is 17.1. The molecule has 0 spiro atoms. The molecule has 122 valence electrons. The molecule has 10 heteroatoms. The van der Waals surface area contributed by atoms with Gasteiger partial charge in [-0.1, -0.05) is 0 Å². The maximum atomic E-state index is 11.9. The van der Waals surface area contributed by atoms with Gasteiger partial charge in [0.1, 0.15) is 5.75 Å². The van der Waals surface area contributed by atoms with Gasteiger partial charge in [-0.15, -0.1) is 9.42 Å². The number of hydrogen-bond acceptors (Lipinski definition) is 6. The zero-order chi connectivity index (χ0) is 16.2. The van der Waals surface area contributed by atoms with Gasteiger partial charge < -0.3 is 9.64 Å². The molecule has 1 saturated heterocycles. The van der Waals surface area contributed by atoms with E-state index < -0.39 is 24.2 Å². The van der Waals surface area contributed by atoms with E-state index in [0.29, 0.717) is 26.2 Å². The molecule has 0 radical (unpaired) electrons. The third-order valence-electron chi connectivity index (χ3n) is 3.38. The van der Waals surface area contributed by atoms with Crippen molar-refractivity contribution in [1.29, 1.82) is 0 Å². The summed E-state index contributed by atoms with van der Waals surface area (Å²) in [5.41, 5.74) is 0.993. The second kappa shape index (κ2) is 7.34. The number of rotatable bonds is 6. The van der Waals surface area contributed by atoms with Gasteiger partial charge in [-0.3, -0.25) is 0 Å². The van der Waals surface area contributed by atoms with Gasteiger partial charge >= 0.3 is 8.25 Å². The highest BCUT2D eigenvalue weighted by Crippen LogP contribution is 2.22. The van der Waals surface area contributed by atoms with E-state index in [1.807, 2.05) is 24.3 Å². The smallest absolute Gasteiger partial charge is 0.497 e. The van der Waals surface area contributed by atoms with E-state index in [0.717, 1.165) is 11.4 Å². The topological polar surface area (TPSA) is 96.4 Å². The first-order chi connectivity index (χ1) is 10.4. The molecule has 1 aliphatic heterocycles. The summed E-state index contributed by atoms with van der Waals surface area (Å²) in [7, 11) is -4.99. The summed E-state index contributed by atoms with van der Waals surface area (Å²) in [5, 5.41) is 0. The average Bonchev–Trinajstić information content (AvgIpc) is 2.53. The Kier molecular flexibility index (Phi) is 5.71. The van der Waals surface area contributed by atoms with Crippen molar-refractivity contribution < 1.29 is 27.1 Å². The second-order valence-electron chi connectivity index (χ2n) is 4.68. The van der Waals surface area contributed by atoms with Crippen LogP contribution in [0.25, 0.3) is 0 Å². The fraction of sp³-hybridized carbons (Fsp3) is 0.500. The number of methoxy groups -OCH3 is 1. The highest BCUT2D eigenvalue weighted by Gasteiger charge is 2.30. The molecule has 8 nitrogen and oxygen atoms in total.